The van der Waals surface area contributed by atoms with Gasteiger partial charge in [-0.25, -0.2) is 4.39 Å². The first-order chi connectivity index (χ1) is 10.6. The molecule has 4 heteroatoms. The van der Waals surface area contributed by atoms with E-state index in [0.717, 1.165) is 24.3 Å². The predicted octanol–water partition coefficient (Wildman–Crippen LogP) is 3.99. The Morgan fingerprint density at radius 1 is 1.09 bits per heavy atom. The van der Waals surface area contributed by atoms with Gasteiger partial charge in [-0.05, 0) is 67.8 Å². The molecule has 1 N–H and O–H groups in total. The van der Waals surface area contributed by atoms with Gasteiger partial charge in [-0.15, -0.1) is 0 Å². The van der Waals surface area contributed by atoms with Crippen LogP contribution < -0.4 is 10.2 Å². The molecule has 0 spiro atoms. The van der Waals surface area contributed by atoms with Gasteiger partial charge in [0.2, 0.25) is 0 Å². The summed E-state index contributed by atoms with van der Waals surface area (Å²) >= 11 is 0. The molecule has 0 aliphatic carbocycles. The SMILES string of the molecule is Cc1cc(N2CCCC2)ccc1NC(=O)c1ccc(F)cc1. The molecule has 0 bridgehead atoms. The predicted molar refractivity (Wildman–Crippen MR) is 87.0 cm³/mol. The Morgan fingerprint density at radius 3 is 2.41 bits per heavy atom. The highest BCUT2D eigenvalue weighted by molar-refractivity contribution is 6.04. The zero-order valence-electron chi connectivity index (χ0n) is 12.6. The molecule has 2 aromatic carbocycles. The van der Waals surface area contributed by atoms with Crippen LogP contribution in [-0.2, 0) is 0 Å². The highest BCUT2D eigenvalue weighted by Crippen LogP contribution is 2.25. The quantitative estimate of drug-likeness (QED) is 0.929. The molecule has 0 aromatic heterocycles. The van der Waals surface area contributed by atoms with Crippen molar-refractivity contribution < 1.29 is 9.18 Å². The first-order valence-corrected chi connectivity index (χ1v) is 7.56. The smallest absolute Gasteiger partial charge is 0.255 e. The van der Waals surface area contributed by atoms with E-state index in [2.05, 4.69) is 16.3 Å². The van der Waals surface area contributed by atoms with Crippen LogP contribution in [0.25, 0.3) is 0 Å². The van der Waals surface area contributed by atoms with Gasteiger partial charge in [-0.3, -0.25) is 4.79 Å². The van der Waals surface area contributed by atoms with Crippen molar-refractivity contribution >= 4 is 17.3 Å². The molecule has 1 saturated heterocycles. The zero-order chi connectivity index (χ0) is 15.5. The van der Waals surface area contributed by atoms with Crippen LogP contribution in [-0.4, -0.2) is 19.0 Å². The topological polar surface area (TPSA) is 32.3 Å². The van der Waals surface area contributed by atoms with Crippen molar-refractivity contribution in [2.24, 2.45) is 0 Å². The fourth-order valence-electron chi connectivity index (χ4n) is 2.76. The summed E-state index contributed by atoms with van der Waals surface area (Å²) in [4.78, 5) is 14.5. The van der Waals surface area contributed by atoms with E-state index in [1.54, 1.807) is 0 Å². The number of hydrogen-bond acceptors (Lipinski definition) is 2. The second-order valence-electron chi connectivity index (χ2n) is 5.65. The third-order valence-corrected chi connectivity index (χ3v) is 4.04. The van der Waals surface area contributed by atoms with Gasteiger partial charge in [0.15, 0.2) is 0 Å². The van der Waals surface area contributed by atoms with Crippen molar-refractivity contribution in [2.45, 2.75) is 19.8 Å². The molecule has 22 heavy (non-hydrogen) atoms. The van der Waals surface area contributed by atoms with Gasteiger partial charge in [0.05, 0.1) is 0 Å². The Balaban J connectivity index is 1.74. The number of halogens is 1. The van der Waals surface area contributed by atoms with Gasteiger partial charge >= 0.3 is 0 Å². The molecule has 1 heterocycles. The molecule has 114 valence electrons. The zero-order valence-corrected chi connectivity index (χ0v) is 12.6. The first kappa shape index (κ1) is 14.6. The van der Waals surface area contributed by atoms with Crippen molar-refractivity contribution in [3.8, 4) is 0 Å². The molecule has 1 amide bonds. The molecule has 0 atom stereocenters. The monoisotopic (exact) mass is 298 g/mol. The van der Waals surface area contributed by atoms with E-state index in [0.29, 0.717) is 5.56 Å². The van der Waals surface area contributed by atoms with Crippen LogP contribution >= 0.6 is 0 Å². The molecular weight excluding hydrogens is 279 g/mol. The minimum atomic E-state index is -0.345. The van der Waals surface area contributed by atoms with Gasteiger partial charge in [0, 0.05) is 30.0 Å². The Bertz CT molecular complexity index is 676. The number of benzene rings is 2. The number of nitrogens with zero attached hydrogens (tertiary/aromatic N) is 1. The van der Waals surface area contributed by atoms with Crippen LogP contribution in [0.1, 0.15) is 28.8 Å². The lowest BCUT2D eigenvalue weighted by molar-refractivity contribution is 0.102. The lowest BCUT2D eigenvalue weighted by Crippen LogP contribution is -2.18. The molecule has 2 aromatic rings. The Hall–Kier alpha value is -2.36. The second kappa shape index (κ2) is 6.18. The minimum Gasteiger partial charge on any atom is -0.372 e. The normalized spacial score (nSPS) is 14.2. The minimum absolute atomic E-state index is 0.225. The lowest BCUT2D eigenvalue weighted by Gasteiger charge is -2.19. The van der Waals surface area contributed by atoms with Crippen molar-refractivity contribution in [1.82, 2.24) is 0 Å². The Labute approximate surface area is 129 Å². The van der Waals surface area contributed by atoms with Crippen LogP contribution in [0.4, 0.5) is 15.8 Å². The molecule has 0 radical (unpaired) electrons. The van der Waals surface area contributed by atoms with Crippen LogP contribution in [0, 0.1) is 12.7 Å². The highest BCUT2D eigenvalue weighted by Gasteiger charge is 2.14. The van der Waals surface area contributed by atoms with E-state index in [9.17, 15) is 9.18 Å². The van der Waals surface area contributed by atoms with E-state index in [1.165, 1.54) is 42.8 Å². The average Bonchev–Trinajstić information content (AvgIpc) is 3.04. The molecule has 3 rings (SSSR count). The molecule has 1 fully saturated rings. The number of anilines is 2. The number of hydrogen-bond donors (Lipinski definition) is 1. The maximum atomic E-state index is 12.9. The van der Waals surface area contributed by atoms with E-state index < -0.39 is 0 Å². The maximum Gasteiger partial charge on any atom is 0.255 e. The summed E-state index contributed by atoms with van der Waals surface area (Å²) in [5, 5.41) is 2.88. The fourth-order valence-corrected chi connectivity index (χ4v) is 2.76. The van der Waals surface area contributed by atoms with E-state index in [-0.39, 0.29) is 11.7 Å². The average molecular weight is 298 g/mol. The number of rotatable bonds is 3. The van der Waals surface area contributed by atoms with Crippen LogP contribution in [0.15, 0.2) is 42.5 Å². The van der Waals surface area contributed by atoms with Gasteiger partial charge in [0.25, 0.3) is 5.91 Å². The molecule has 0 unspecified atom stereocenters. The van der Waals surface area contributed by atoms with E-state index >= 15 is 0 Å². The maximum absolute atomic E-state index is 12.9. The third kappa shape index (κ3) is 3.11. The third-order valence-electron chi connectivity index (χ3n) is 4.04. The summed E-state index contributed by atoms with van der Waals surface area (Å²) in [6.07, 6.45) is 2.48. The molecular formula is C18H19FN2O. The molecule has 0 saturated carbocycles. The molecule has 1 aliphatic rings. The van der Waals surface area contributed by atoms with Crippen LogP contribution in [0.2, 0.25) is 0 Å². The molecule has 1 aliphatic heterocycles. The number of carbonyl (C=O) groups is 1. The summed E-state index contributed by atoms with van der Waals surface area (Å²) in [7, 11) is 0. The number of aryl methyl sites for hydroxylation is 1. The highest BCUT2D eigenvalue weighted by atomic mass is 19.1. The number of nitrogens with one attached hydrogen (secondary N) is 1. The second-order valence-corrected chi connectivity index (χ2v) is 5.65. The van der Waals surface area contributed by atoms with Gasteiger partial charge < -0.3 is 10.2 Å². The number of amides is 1. The Kier molecular flexibility index (Phi) is 4.09. The van der Waals surface area contributed by atoms with E-state index in [1.807, 2.05) is 19.1 Å². The van der Waals surface area contributed by atoms with Crippen LogP contribution in [0.5, 0.6) is 0 Å². The summed E-state index contributed by atoms with van der Waals surface area (Å²) < 4.78 is 12.9. The largest absolute Gasteiger partial charge is 0.372 e. The van der Waals surface area contributed by atoms with Gasteiger partial charge in [-0.1, -0.05) is 0 Å². The Morgan fingerprint density at radius 2 is 1.77 bits per heavy atom. The summed E-state index contributed by atoms with van der Waals surface area (Å²) in [5.41, 5.74) is 3.47. The van der Waals surface area contributed by atoms with Gasteiger partial charge in [0.1, 0.15) is 5.82 Å². The summed E-state index contributed by atoms with van der Waals surface area (Å²) in [5.74, 6) is -0.570. The summed E-state index contributed by atoms with van der Waals surface area (Å²) in [6, 6.07) is 11.6. The van der Waals surface area contributed by atoms with Gasteiger partial charge in [-0.2, -0.15) is 0 Å². The van der Waals surface area contributed by atoms with Crippen molar-refractivity contribution in [1.29, 1.82) is 0 Å². The van der Waals surface area contributed by atoms with Crippen molar-refractivity contribution in [3.63, 3.8) is 0 Å². The molecule has 3 nitrogen and oxygen atoms in total. The van der Waals surface area contributed by atoms with Crippen LogP contribution in [0.3, 0.4) is 0 Å². The van der Waals surface area contributed by atoms with Crippen molar-refractivity contribution in [2.75, 3.05) is 23.3 Å². The van der Waals surface area contributed by atoms with Crippen molar-refractivity contribution in [3.05, 3.63) is 59.4 Å². The fraction of sp³-hybridized carbons (Fsp3) is 0.278. The first-order valence-electron chi connectivity index (χ1n) is 7.56. The number of carbonyl (C=O) groups excluding carboxylic acids is 1. The standard InChI is InChI=1S/C18H19FN2O/c1-13-12-16(21-10-2-3-11-21)8-9-17(13)20-18(22)14-4-6-15(19)7-5-14/h4-9,12H,2-3,10-11H2,1H3,(H,20,22). The van der Waals surface area contributed by atoms with E-state index in [4.69, 9.17) is 0 Å². The lowest BCUT2D eigenvalue weighted by atomic mass is 10.1. The summed E-state index contributed by atoms with van der Waals surface area (Å²) in [6.45, 7) is 4.18.